The lowest BCUT2D eigenvalue weighted by atomic mass is 10.0. The number of likely N-dealkylation sites (N-methyl/N-ethyl adjacent to an activating group) is 1. The highest BCUT2D eigenvalue weighted by molar-refractivity contribution is 7.87. The van der Waals surface area contributed by atoms with Crippen molar-refractivity contribution >= 4 is 49.4 Å². The van der Waals surface area contributed by atoms with Gasteiger partial charge < -0.3 is 10.2 Å². The van der Waals surface area contributed by atoms with E-state index in [1.54, 1.807) is 23.7 Å². The molecule has 1 heterocycles. The van der Waals surface area contributed by atoms with Crippen molar-refractivity contribution in [3.8, 4) is 0 Å². The number of hydrogen-bond acceptors (Lipinski definition) is 6. The molecule has 36 heavy (non-hydrogen) atoms. The molecule has 13 heteroatoms. The fraction of sp³-hybridized carbons (Fsp3) is 0.348. The van der Waals surface area contributed by atoms with Crippen LogP contribution < -0.4 is 14.9 Å². The van der Waals surface area contributed by atoms with Crippen molar-refractivity contribution in [1.29, 1.82) is 0 Å². The number of carbonyl (C=O) groups is 2. The molecule has 1 atom stereocenters. The number of thiazole rings is 1. The van der Waals surface area contributed by atoms with Crippen LogP contribution in [0.3, 0.4) is 0 Å². The lowest BCUT2D eigenvalue weighted by Crippen LogP contribution is -2.54. The lowest BCUT2D eigenvalue weighted by molar-refractivity contribution is -0.120. The molecular formula is C23H27F2N5O4S2. The van der Waals surface area contributed by atoms with E-state index < -0.39 is 39.8 Å². The molecule has 3 rings (SSSR count). The Balaban J connectivity index is 1.85. The van der Waals surface area contributed by atoms with Gasteiger partial charge in [-0.25, -0.2) is 23.3 Å². The van der Waals surface area contributed by atoms with Crippen molar-refractivity contribution in [1.82, 2.24) is 19.3 Å². The molecule has 3 aromatic rings. The Hall–Kier alpha value is -3.16. The van der Waals surface area contributed by atoms with Gasteiger partial charge in [0.1, 0.15) is 17.7 Å². The van der Waals surface area contributed by atoms with E-state index in [2.05, 4.69) is 10.3 Å². The molecule has 0 saturated carbocycles. The summed E-state index contributed by atoms with van der Waals surface area (Å²) in [6.07, 6.45) is -0.286. The summed E-state index contributed by atoms with van der Waals surface area (Å²) in [5.41, 5.74) is 2.92. The maximum absolute atomic E-state index is 13.8. The van der Waals surface area contributed by atoms with Gasteiger partial charge in [0, 0.05) is 38.8 Å². The molecule has 0 radical (unpaired) electrons. The van der Waals surface area contributed by atoms with Crippen molar-refractivity contribution in [2.45, 2.75) is 26.3 Å². The van der Waals surface area contributed by atoms with Crippen LogP contribution in [0.1, 0.15) is 19.4 Å². The summed E-state index contributed by atoms with van der Waals surface area (Å²) in [7, 11) is -1.39. The molecule has 0 aliphatic heterocycles. The summed E-state index contributed by atoms with van der Waals surface area (Å²) < 4.78 is 56.3. The lowest BCUT2D eigenvalue weighted by Gasteiger charge is -2.26. The van der Waals surface area contributed by atoms with Gasteiger partial charge in [-0.2, -0.15) is 12.7 Å². The van der Waals surface area contributed by atoms with Crippen LogP contribution in [0.25, 0.3) is 10.2 Å². The normalized spacial score (nSPS) is 12.7. The largest absolute Gasteiger partial charge is 0.330 e. The zero-order valence-electron chi connectivity index (χ0n) is 20.2. The summed E-state index contributed by atoms with van der Waals surface area (Å²) in [6, 6.07) is 5.45. The first-order valence-corrected chi connectivity index (χ1v) is 13.3. The molecule has 0 aliphatic carbocycles. The molecule has 2 N–H and O–H groups in total. The first-order chi connectivity index (χ1) is 16.9. The van der Waals surface area contributed by atoms with Gasteiger partial charge in [0.05, 0.1) is 15.7 Å². The Morgan fingerprint density at radius 1 is 1.08 bits per heavy atom. The summed E-state index contributed by atoms with van der Waals surface area (Å²) in [5, 5.41) is 2.35. The average molecular weight is 540 g/mol. The fourth-order valence-electron chi connectivity index (χ4n) is 3.58. The highest BCUT2D eigenvalue weighted by Crippen LogP contribution is 2.24. The first-order valence-electron chi connectivity index (χ1n) is 11.0. The number of nitrogens with zero attached hydrogens (tertiary/aromatic N) is 3. The molecule has 9 nitrogen and oxygen atoms in total. The number of nitrogens with one attached hydrogen (secondary N) is 2. The number of rotatable bonds is 9. The molecule has 0 aliphatic rings. The van der Waals surface area contributed by atoms with Crippen LogP contribution in [-0.4, -0.2) is 56.3 Å². The molecule has 0 spiro atoms. The standard InChI is InChI=1S/C23H27F2N5O4S2/c1-14(2)12-29(3)36(33,34)28-23(32)27-20(9-15-7-16(24)10-17(25)8-15)22(31)30(4)18-5-6-21-19(11-18)26-13-35-21/h5-8,10-11,13-14,20H,9,12H2,1-4H3,(H2,27,28,32)/t20-/m0/s1. The van der Waals surface area contributed by atoms with Crippen molar-refractivity contribution in [3.63, 3.8) is 0 Å². The van der Waals surface area contributed by atoms with Crippen LogP contribution in [0.15, 0.2) is 41.9 Å². The highest BCUT2D eigenvalue weighted by Gasteiger charge is 2.28. The van der Waals surface area contributed by atoms with Gasteiger partial charge in [-0.05, 0) is 41.8 Å². The number of urea groups is 1. The second-order valence-electron chi connectivity index (χ2n) is 8.69. The van der Waals surface area contributed by atoms with Crippen molar-refractivity contribution in [2.75, 3.05) is 25.5 Å². The van der Waals surface area contributed by atoms with Gasteiger partial charge in [-0.1, -0.05) is 13.8 Å². The minimum Gasteiger partial charge on any atom is -0.325 e. The minimum atomic E-state index is -4.18. The number of carbonyl (C=O) groups excluding carboxylic acids is 2. The molecule has 194 valence electrons. The maximum atomic E-state index is 13.8. The monoisotopic (exact) mass is 539 g/mol. The van der Waals surface area contributed by atoms with E-state index in [0.717, 1.165) is 21.1 Å². The van der Waals surface area contributed by atoms with Crippen LogP contribution in [-0.2, 0) is 21.4 Å². The summed E-state index contributed by atoms with van der Waals surface area (Å²) >= 11 is 1.43. The number of aromatic nitrogens is 1. The van der Waals surface area contributed by atoms with E-state index in [-0.39, 0.29) is 24.4 Å². The maximum Gasteiger partial charge on any atom is 0.330 e. The Morgan fingerprint density at radius 3 is 2.39 bits per heavy atom. The van der Waals surface area contributed by atoms with Crippen LogP contribution >= 0.6 is 11.3 Å². The van der Waals surface area contributed by atoms with Crippen molar-refractivity contribution in [2.24, 2.45) is 5.92 Å². The summed E-state index contributed by atoms with van der Waals surface area (Å²) in [5.74, 6) is -2.31. The summed E-state index contributed by atoms with van der Waals surface area (Å²) in [4.78, 5) is 31.5. The second-order valence-corrected chi connectivity index (χ2v) is 11.4. The second kappa shape index (κ2) is 11.3. The van der Waals surface area contributed by atoms with E-state index >= 15 is 0 Å². The number of amides is 3. The molecule has 3 amide bonds. The number of fused-ring (bicyclic) bond motifs is 1. The van der Waals surface area contributed by atoms with Crippen LogP contribution in [0.5, 0.6) is 0 Å². The average Bonchev–Trinajstić information content (AvgIpc) is 3.24. The third-order valence-electron chi connectivity index (χ3n) is 5.25. The molecule has 0 fully saturated rings. The van der Waals surface area contributed by atoms with Gasteiger partial charge in [0.2, 0.25) is 5.91 Å². The van der Waals surface area contributed by atoms with Crippen LogP contribution in [0, 0.1) is 17.6 Å². The van der Waals surface area contributed by atoms with E-state index in [4.69, 9.17) is 0 Å². The van der Waals surface area contributed by atoms with Gasteiger partial charge in [0.25, 0.3) is 0 Å². The number of halogens is 2. The van der Waals surface area contributed by atoms with Gasteiger partial charge in [-0.15, -0.1) is 11.3 Å². The Kier molecular flexibility index (Phi) is 8.59. The Labute approximate surface area is 212 Å². The fourth-order valence-corrected chi connectivity index (χ4v) is 5.18. The molecular weight excluding hydrogens is 512 g/mol. The predicted octanol–water partition coefficient (Wildman–Crippen LogP) is 3.28. The van der Waals surface area contributed by atoms with E-state index in [1.165, 1.54) is 30.3 Å². The highest BCUT2D eigenvalue weighted by atomic mass is 32.2. The van der Waals surface area contributed by atoms with Crippen LogP contribution in [0.4, 0.5) is 19.3 Å². The SMILES string of the molecule is CC(C)CN(C)S(=O)(=O)NC(=O)N[C@@H](Cc1cc(F)cc(F)c1)C(=O)N(C)c1ccc2scnc2c1. The minimum absolute atomic E-state index is 0.00976. The Morgan fingerprint density at radius 2 is 1.75 bits per heavy atom. The molecule has 0 bridgehead atoms. The number of benzene rings is 2. The molecule has 0 saturated heterocycles. The van der Waals surface area contributed by atoms with Gasteiger partial charge >= 0.3 is 16.2 Å². The quantitative estimate of drug-likeness (QED) is 0.434. The molecule has 0 unspecified atom stereocenters. The van der Waals surface area contributed by atoms with Crippen molar-refractivity contribution in [3.05, 3.63) is 59.1 Å². The third-order valence-corrected chi connectivity index (χ3v) is 7.47. The summed E-state index contributed by atoms with van der Waals surface area (Å²) in [6.45, 7) is 3.80. The molecule has 2 aromatic carbocycles. The smallest absolute Gasteiger partial charge is 0.325 e. The van der Waals surface area contributed by atoms with Crippen molar-refractivity contribution < 1.29 is 26.8 Å². The van der Waals surface area contributed by atoms with E-state index in [1.807, 2.05) is 18.6 Å². The van der Waals surface area contributed by atoms with Gasteiger partial charge in [0.15, 0.2) is 0 Å². The van der Waals surface area contributed by atoms with E-state index in [9.17, 15) is 26.8 Å². The third kappa shape index (κ3) is 6.95. The first kappa shape index (κ1) is 27.4. The zero-order chi connectivity index (χ0) is 26.6. The van der Waals surface area contributed by atoms with Gasteiger partial charge in [-0.3, -0.25) is 4.79 Å². The zero-order valence-corrected chi connectivity index (χ0v) is 21.8. The topological polar surface area (TPSA) is 112 Å². The number of hydrogen-bond donors (Lipinski definition) is 2. The molecule has 1 aromatic heterocycles. The van der Waals surface area contributed by atoms with Crippen LogP contribution in [0.2, 0.25) is 0 Å². The van der Waals surface area contributed by atoms with E-state index in [0.29, 0.717) is 17.3 Å². The predicted molar refractivity (Wildman–Crippen MR) is 135 cm³/mol. The number of anilines is 1. The Bertz CT molecular complexity index is 1340.